The molecule has 0 saturated heterocycles. The molecule has 2 atom stereocenters. The second-order valence-corrected chi connectivity index (χ2v) is 7.10. The zero-order chi connectivity index (χ0) is 17.5. The topological polar surface area (TPSA) is 35.5 Å². The zero-order valence-corrected chi connectivity index (χ0v) is 16.1. The van der Waals surface area contributed by atoms with E-state index in [0.29, 0.717) is 0 Å². The monoisotopic (exact) mass is 336 g/mol. The lowest BCUT2D eigenvalue weighted by molar-refractivity contribution is 0.0254. The summed E-state index contributed by atoms with van der Waals surface area (Å²) < 4.78 is 0. The highest BCUT2D eigenvalue weighted by Gasteiger charge is 2.20. The third-order valence-electron chi connectivity index (χ3n) is 4.82. The van der Waals surface area contributed by atoms with Crippen molar-refractivity contribution in [3.63, 3.8) is 0 Å². The molecule has 0 radical (unpaired) electrons. The van der Waals surface area contributed by atoms with Crippen molar-refractivity contribution in [2.75, 3.05) is 0 Å². The van der Waals surface area contributed by atoms with E-state index >= 15 is 0 Å². The first-order chi connectivity index (χ1) is 11.8. The van der Waals surface area contributed by atoms with Crippen molar-refractivity contribution in [1.29, 1.82) is 0 Å². The standard InChI is InChI=1S/C21H40N2O/c1-3-4-5-6-7-8-9-10-11-12-13-14-15-16-17-21-22-18-19-23(21)20(2)24/h11-12,18-22,24H,3-10,13-17H2,1-2H3/b12-11+. The number of nitrogens with zero attached hydrogens (tertiary/aromatic N) is 1. The fourth-order valence-electron chi connectivity index (χ4n) is 3.28. The Kier molecular flexibility index (Phi) is 12.6. The quantitative estimate of drug-likeness (QED) is 0.298. The number of rotatable bonds is 15. The summed E-state index contributed by atoms with van der Waals surface area (Å²) in [5, 5.41) is 13.0. The van der Waals surface area contributed by atoms with E-state index in [4.69, 9.17) is 0 Å². The van der Waals surface area contributed by atoms with Gasteiger partial charge in [-0.3, -0.25) is 0 Å². The summed E-state index contributed by atoms with van der Waals surface area (Å²) in [6.45, 7) is 4.10. The summed E-state index contributed by atoms with van der Waals surface area (Å²) >= 11 is 0. The van der Waals surface area contributed by atoms with Gasteiger partial charge in [-0.1, -0.05) is 64.0 Å². The maximum atomic E-state index is 9.66. The van der Waals surface area contributed by atoms with Crippen LogP contribution in [0.4, 0.5) is 0 Å². The molecule has 0 saturated carbocycles. The molecular weight excluding hydrogens is 296 g/mol. The summed E-state index contributed by atoms with van der Waals surface area (Å²) in [6.07, 6.45) is 25.6. The number of hydrogen-bond acceptors (Lipinski definition) is 3. The van der Waals surface area contributed by atoms with Gasteiger partial charge >= 0.3 is 0 Å². The van der Waals surface area contributed by atoms with Gasteiger partial charge in [-0.15, -0.1) is 0 Å². The van der Waals surface area contributed by atoms with Crippen molar-refractivity contribution >= 4 is 0 Å². The largest absolute Gasteiger partial charge is 0.374 e. The van der Waals surface area contributed by atoms with E-state index in [0.717, 1.165) is 6.42 Å². The number of hydrogen-bond donors (Lipinski definition) is 2. The van der Waals surface area contributed by atoms with Crippen molar-refractivity contribution in [3.8, 4) is 0 Å². The lowest BCUT2D eigenvalue weighted by atomic mass is 10.1. The van der Waals surface area contributed by atoms with Gasteiger partial charge in [0.05, 0.1) is 0 Å². The smallest absolute Gasteiger partial charge is 0.125 e. The Bertz CT molecular complexity index is 339. The van der Waals surface area contributed by atoms with Crippen LogP contribution in [-0.4, -0.2) is 22.4 Å². The minimum Gasteiger partial charge on any atom is -0.374 e. The van der Waals surface area contributed by atoms with Gasteiger partial charge in [0.1, 0.15) is 12.4 Å². The van der Waals surface area contributed by atoms with E-state index in [1.807, 2.05) is 24.2 Å². The van der Waals surface area contributed by atoms with Crippen LogP contribution < -0.4 is 5.32 Å². The molecule has 0 aliphatic carbocycles. The molecule has 2 unspecified atom stereocenters. The first kappa shape index (κ1) is 21.1. The Morgan fingerprint density at radius 2 is 1.54 bits per heavy atom. The van der Waals surface area contributed by atoms with E-state index in [9.17, 15) is 5.11 Å². The van der Waals surface area contributed by atoms with Gasteiger partial charge in [0, 0.05) is 12.4 Å². The average molecular weight is 337 g/mol. The number of unbranched alkanes of at least 4 members (excludes halogenated alkanes) is 10. The Balaban J connectivity index is 1.85. The van der Waals surface area contributed by atoms with Crippen LogP contribution in [0.25, 0.3) is 0 Å². The van der Waals surface area contributed by atoms with Crippen LogP contribution in [0.1, 0.15) is 97.3 Å². The molecule has 3 nitrogen and oxygen atoms in total. The van der Waals surface area contributed by atoms with Crippen molar-refractivity contribution in [2.45, 2.75) is 110 Å². The summed E-state index contributed by atoms with van der Waals surface area (Å²) in [5.74, 6) is 0. The van der Waals surface area contributed by atoms with Crippen LogP contribution in [0.3, 0.4) is 0 Å². The Morgan fingerprint density at radius 1 is 0.958 bits per heavy atom. The molecule has 24 heavy (non-hydrogen) atoms. The first-order valence-electron chi connectivity index (χ1n) is 10.3. The maximum absolute atomic E-state index is 9.66. The Labute approximate surface area is 150 Å². The molecule has 1 aliphatic rings. The van der Waals surface area contributed by atoms with Crippen LogP contribution in [0.15, 0.2) is 24.6 Å². The second-order valence-electron chi connectivity index (χ2n) is 7.10. The third kappa shape index (κ3) is 10.0. The molecule has 140 valence electrons. The highest BCUT2D eigenvalue weighted by Crippen LogP contribution is 2.15. The van der Waals surface area contributed by atoms with Gasteiger partial charge in [0.15, 0.2) is 0 Å². The summed E-state index contributed by atoms with van der Waals surface area (Å²) in [4.78, 5) is 1.99. The average Bonchev–Trinajstić information content (AvgIpc) is 3.04. The number of nitrogens with one attached hydrogen (secondary N) is 1. The molecular formula is C21H40N2O. The van der Waals surface area contributed by atoms with Gasteiger partial charge < -0.3 is 15.3 Å². The fourth-order valence-corrected chi connectivity index (χ4v) is 3.28. The molecule has 3 heteroatoms. The third-order valence-corrected chi connectivity index (χ3v) is 4.82. The molecule has 1 heterocycles. The molecule has 0 fully saturated rings. The molecule has 0 spiro atoms. The van der Waals surface area contributed by atoms with Gasteiger partial charge in [-0.2, -0.15) is 0 Å². The molecule has 1 rings (SSSR count). The normalized spacial score (nSPS) is 18.5. The summed E-state index contributed by atoms with van der Waals surface area (Å²) in [5.41, 5.74) is 0. The molecule has 0 amide bonds. The van der Waals surface area contributed by atoms with Crippen molar-refractivity contribution in [2.24, 2.45) is 0 Å². The summed E-state index contributed by atoms with van der Waals surface area (Å²) in [7, 11) is 0. The van der Waals surface area contributed by atoms with Crippen LogP contribution in [-0.2, 0) is 0 Å². The molecule has 2 N–H and O–H groups in total. The van der Waals surface area contributed by atoms with Crippen LogP contribution >= 0.6 is 0 Å². The number of aliphatic hydroxyl groups is 1. The molecule has 0 aromatic heterocycles. The van der Waals surface area contributed by atoms with E-state index in [-0.39, 0.29) is 6.17 Å². The van der Waals surface area contributed by atoms with Crippen molar-refractivity contribution in [1.82, 2.24) is 10.2 Å². The highest BCUT2D eigenvalue weighted by atomic mass is 16.3. The van der Waals surface area contributed by atoms with Crippen LogP contribution in [0, 0.1) is 0 Å². The predicted molar refractivity (Wildman–Crippen MR) is 104 cm³/mol. The second kappa shape index (κ2) is 14.4. The zero-order valence-electron chi connectivity index (χ0n) is 16.1. The number of aliphatic hydroxyl groups excluding tert-OH is 1. The minimum atomic E-state index is -0.407. The van der Waals surface area contributed by atoms with Gasteiger partial charge in [0.25, 0.3) is 0 Å². The van der Waals surface area contributed by atoms with Crippen LogP contribution in [0.5, 0.6) is 0 Å². The molecule has 0 bridgehead atoms. The van der Waals surface area contributed by atoms with E-state index < -0.39 is 6.23 Å². The molecule has 0 aromatic rings. The highest BCUT2D eigenvalue weighted by molar-refractivity contribution is 4.94. The Morgan fingerprint density at radius 3 is 2.17 bits per heavy atom. The lowest BCUT2D eigenvalue weighted by Crippen LogP contribution is -2.40. The lowest BCUT2D eigenvalue weighted by Gasteiger charge is -2.28. The van der Waals surface area contributed by atoms with E-state index in [1.165, 1.54) is 77.0 Å². The maximum Gasteiger partial charge on any atom is 0.125 e. The van der Waals surface area contributed by atoms with Gasteiger partial charge in [-0.05, 0) is 45.4 Å². The van der Waals surface area contributed by atoms with Gasteiger partial charge in [0.2, 0.25) is 0 Å². The number of allylic oxidation sites excluding steroid dienone is 2. The first-order valence-corrected chi connectivity index (χ1v) is 10.3. The van der Waals surface area contributed by atoms with E-state index in [2.05, 4.69) is 24.4 Å². The fraction of sp³-hybridized carbons (Fsp3) is 0.810. The van der Waals surface area contributed by atoms with Crippen LogP contribution in [0.2, 0.25) is 0 Å². The molecule has 0 aromatic carbocycles. The Hall–Kier alpha value is -0.960. The SMILES string of the molecule is CCCCCCCCC/C=C/CCCCCC1NC=CN1C(C)O. The van der Waals surface area contributed by atoms with E-state index in [1.54, 1.807) is 0 Å². The molecule has 1 aliphatic heterocycles. The summed E-state index contributed by atoms with van der Waals surface area (Å²) in [6, 6.07) is 0. The van der Waals surface area contributed by atoms with Crippen molar-refractivity contribution < 1.29 is 5.11 Å². The minimum absolute atomic E-state index is 0.276. The van der Waals surface area contributed by atoms with Gasteiger partial charge in [-0.25, -0.2) is 0 Å². The predicted octanol–water partition coefficient (Wildman–Crippen LogP) is 5.67. The van der Waals surface area contributed by atoms with Crippen molar-refractivity contribution in [3.05, 3.63) is 24.6 Å².